The highest BCUT2D eigenvalue weighted by atomic mass is 35.5. The number of hydrogen-bond donors (Lipinski definition) is 1. The van der Waals surface area contributed by atoms with Crippen molar-refractivity contribution in [3.63, 3.8) is 0 Å². The van der Waals surface area contributed by atoms with E-state index in [1.54, 1.807) is 30.3 Å². The van der Waals surface area contributed by atoms with E-state index < -0.39 is 0 Å². The van der Waals surface area contributed by atoms with Crippen LogP contribution in [0.15, 0.2) is 54.1 Å². The van der Waals surface area contributed by atoms with Crippen LogP contribution in [0.25, 0.3) is 11.2 Å². The maximum atomic E-state index is 12.7. The highest BCUT2D eigenvalue weighted by Crippen LogP contribution is 2.20. The van der Waals surface area contributed by atoms with Crippen LogP contribution in [0, 0.1) is 0 Å². The number of rotatable bonds is 4. The Kier molecular flexibility index (Phi) is 4.08. The first-order valence-electron chi connectivity index (χ1n) is 6.98. The molecule has 0 fully saturated rings. The van der Waals surface area contributed by atoms with Crippen LogP contribution in [0.5, 0.6) is 0 Å². The molecule has 1 unspecified atom stereocenters. The number of aromatic nitrogens is 4. The summed E-state index contributed by atoms with van der Waals surface area (Å²) in [6.07, 6.45) is 4.64. The Morgan fingerprint density at radius 3 is 2.65 bits per heavy atom. The minimum absolute atomic E-state index is 0.225. The first kappa shape index (κ1) is 15.2. The van der Waals surface area contributed by atoms with E-state index in [0.717, 1.165) is 5.69 Å². The van der Waals surface area contributed by atoms with Gasteiger partial charge in [-0.25, -0.2) is 9.97 Å². The van der Waals surface area contributed by atoms with E-state index in [1.807, 2.05) is 6.92 Å². The van der Waals surface area contributed by atoms with Gasteiger partial charge in [-0.1, -0.05) is 17.7 Å². The molecule has 0 bridgehead atoms. The molecule has 116 valence electrons. The van der Waals surface area contributed by atoms with Gasteiger partial charge < -0.3 is 5.32 Å². The topological polar surface area (TPSA) is 72.7 Å². The molecule has 0 saturated heterocycles. The second kappa shape index (κ2) is 6.18. The zero-order valence-corrected chi connectivity index (χ0v) is 13.2. The molecule has 3 rings (SSSR count). The lowest BCUT2D eigenvalue weighted by molar-refractivity contribution is 0.637. The van der Waals surface area contributed by atoms with Gasteiger partial charge >= 0.3 is 0 Å². The number of fused-ring (bicyclic) bond motifs is 1. The Hall–Kier alpha value is -2.73. The molecule has 2 heterocycles. The van der Waals surface area contributed by atoms with Gasteiger partial charge in [0.15, 0.2) is 11.2 Å². The van der Waals surface area contributed by atoms with Gasteiger partial charge in [0.2, 0.25) is 5.95 Å². The van der Waals surface area contributed by atoms with Gasteiger partial charge in [-0.2, -0.15) is 4.98 Å². The zero-order valence-electron chi connectivity index (χ0n) is 12.4. The van der Waals surface area contributed by atoms with Gasteiger partial charge in [0, 0.05) is 23.1 Å². The largest absolute Gasteiger partial charge is 0.325 e. The molecule has 7 heteroatoms. The van der Waals surface area contributed by atoms with E-state index in [0.29, 0.717) is 16.6 Å². The van der Waals surface area contributed by atoms with E-state index in [9.17, 15) is 4.79 Å². The first-order valence-corrected chi connectivity index (χ1v) is 7.36. The van der Waals surface area contributed by atoms with Crippen molar-refractivity contribution in [3.8, 4) is 0 Å². The molecule has 0 amide bonds. The van der Waals surface area contributed by atoms with E-state index in [2.05, 4.69) is 26.8 Å². The van der Waals surface area contributed by atoms with Crippen molar-refractivity contribution in [2.45, 2.75) is 13.0 Å². The second-order valence-electron chi connectivity index (χ2n) is 4.95. The fraction of sp³-hybridized carbons (Fsp3) is 0.125. The third kappa shape index (κ3) is 2.93. The number of nitrogens with zero attached hydrogens (tertiary/aromatic N) is 4. The summed E-state index contributed by atoms with van der Waals surface area (Å²) in [5.41, 5.74) is 1.01. The van der Waals surface area contributed by atoms with Crippen molar-refractivity contribution in [2.24, 2.45) is 0 Å². The highest BCUT2D eigenvalue weighted by molar-refractivity contribution is 6.30. The second-order valence-corrected chi connectivity index (χ2v) is 5.38. The Morgan fingerprint density at radius 2 is 1.96 bits per heavy atom. The van der Waals surface area contributed by atoms with Gasteiger partial charge in [-0.3, -0.25) is 9.36 Å². The normalized spacial score (nSPS) is 12.1. The average molecular weight is 328 g/mol. The molecule has 1 N–H and O–H groups in total. The molecule has 0 aliphatic heterocycles. The molecular formula is C16H14ClN5O. The molecule has 3 aromatic rings. The van der Waals surface area contributed by atoms with Crippen molar-refractivity contribution in [2.75, 3.05) is 5.32 Å². The first-order chi connectivity index (χ1) is 11.1. The van der Waals surface area contributed by atoms with E-state index >= 15 is 0 Å². The number of hydrogen-bond acceptors (Lipinski definition) is 5. The molecule has 0 saturated carbocycles. The van der Waals surface area contributed by atoms with Crippen LogP contribution in [0.4, 0.5) is 11.6 Å². The van der Waals surface area contributed by atoms with Crippen LogP contribution in [0.3, 0.4) is 0 Å². The average Bonchev–Trinajstić information content (AvgIpc) is 2.57. The predicted molar refractivity (Wildman–Crippen MR) is 91.2 cm³/mol. The van der Waals surface area contributed by atoms with E-state index in [1.165, 1.54) is 17.0 Å². The standard InChI is InChI=1S/C16H14ClN5O/c1-3-10(2)22-15(23)13-14(19-9-8-18-13)21-16(22)20-12-6-4-11(17)5-7-12/h3-10H,1H2,2H3,(H,19,20,21). The minimum atomic E-state index is -0.271. The molecule has 1 atom stereocenters. The lowest BCUT2D eigenvalue weighted by Gasteiger charge is -2.17. The van der Waals surface area contributed by atoms with Crippen LogP contribution < -0.4 is 10.9 Å². The summed E-state index contributed by atoms with van der Waals surface area (Å²) in [5, 5.41) is 3.75. The van der Waals surface area contributed by atoms with Crippen LogP contribution in [0.2, 0.25) is 5.02 Å². The van der Waals surface area contributed by atoms with Crippen LogP contribution in [0.1, 0.15) is 13.0 Å². The Labute approximate surface area is 137 Å². The third-order valence-electron chi connectivity index (χ3n) is 3.39. The fourth-order valence-corrected chi connectivity index (χ4v) is 2.29. The lowest BCUT2D eigenvalue weighted by atomic mass is 10.3. The SMILES string of the molecule is C=CC(C)n1c(Nc2ccc(Cl)cc2)nc2nccnc2c1=O. The summed E-state index contributed by atoms with van der Waals surface area (Å²) < 4.78 is 1.50. The van der Waals surface area contributed by atoms with Crippen LogP contribution in [-0.4, -0.2) is 19.5 Å². The lowest BCUT2D eigenvalue weighted by Crippen LogP contribution is -2.27. The van der Waals surface area contributed by atoms with Gasteiger partial charge in [0.1, 0.15) is 0 Å². The van der Waals surface area contributed by atoms with Crippen molar-refractivity contribution in [1.29, 1.82) is 0 Å². The summed E-state index contributed by atoms with van der Waals surface area (Å²) >= 11 is 5.89. The van der Waals surface area contributed by atoms with Crippen LogP contribution >= 0.6 is 11.6 Å². The fourth-order valence-electron chi connectivity index (χ4n) is 2.16. The summed E-state index contributed by atoms with van der Waals surface area (Å²) in [6, 6.07) is 6.86. The molecule has 6 nitrogen and oxygen atoms in total. The maximum Gasteiger partial charge on any atom is 0.283 e. The molecule has 0 aliphatic carbocycles. The summed E-state index contributed by atoms with van der Waals surface area (Å²) in [7, 11) is 0. The molecule has 0 radical (unpaired) electrons. The van der Waals surface area contributed by atoms with E-state index in [4.69, 9.17) is 11.6 Å². The zero-order chi connectivity index (χ0) is 16.4. The number of benzene rings is 1. The molecule has 2 aromatic heterocycles. The number of nitrogens with one attached hydrogen (secondary N) is 1. The van der Waals surface area contributed by atoms with Gasteiger partial charge in [0.05, 0.1) is 6.04 Å². The van der Waals surface area contributed by atoms with Gasteiger partial charge in [-0.15, -0.1) is 6.58 Å². The van der Waals surface area contributed by atoms with E-state index in [-0.39, 0.29) is 17.1 Å². The Balaban J connectivity index is 2.19. The Bertz CT molecular complexity index is 920. The molecule has 0 aliphatic rings. The highest BCUT2D eigenvalue weighted by Gasteiger charge is 2.15. The molecule has 0 spiro atoms. The summed E-state index contributed by atoms with van der Waals surface area (Å²) in [4.78, 5) is 25.3. The number of anilines is 2. The molecule has 23 heavy (non-hydrogen) atoms. The Morgan fingerprint density at radius 1 is 1.26 bits per heavy atom. The predicted octanol–water partition coefficient (Wildman–Crippen LogP) is 3.33. The van der Waals surface area contributed by atoms with Crippen molar-refractivity contribution in [1.82, 2.24) is 19.5 Å². The molecule has 1 aromatic carbocycles. The monoisotopic (exact) mass is 327 g/mol. The summed E-state index contributed by atoms with van der Waals surface area (Å²) in [5.74, 6) is 0.373. The number of allylic oxidation sites excluding steroid dienone is 1. The summed E-state index contributed by atoms with van der Waals surface area (Å²) in [6.45, 7) is 5.60. The van der Waals surface area contributed by atoms with Crippen molar-refractivity contribution in [3.05, 3.63) is 64.7 Å². The number of halogens is 1. The maximum absolute atomic E-state index is 12.7. The quantitative estimate of drug-likeness (QED) is 0.744. The third-order valence-corrected chi connectivity index (χ3v) is 3.64. The smallest absolute Gasteiger partial charge is 0.283 e. The van der Waals surface area contributed by atoms with Crippen LogP contribution in [-0.2, 0) is 0 Å². The minimum Gasteiger partial charge on any atom is -0.325 e. The van der Waals surface area contributed by atoms with Crippen molar-refractivity contribution >= 4 is 34.4 Å². The van der Waals surface area contributed by atoms with Gasteiger partial charge in [0.25, 0.3) is 5.56 Å². The molecular weight excluding hydrogens is 314 g/mol. The van der Waals surface area contributed by atoms with Gasteiger partial charge in [-0.05, 0) is 31.2 Å². The van der Waals surface area contributed by atoms with Crippen molar-refractivity contribution < 1.29 is 0 Å².